The summed E-state index contributed by atoms with van der Waals surface area (Å²) in [5.74, 6) is 0. The first kappa shape index (κ1) is 20.1. The third-order valence-electron chi connectivity index (χ3n) is 7.03. The van der Waals surface area contributed by atoms with Crippen LogP contribution >= 0.6 is 0 Å². The smallest absolute Gasteiger partial charge is 0.0960 e. The Morgan fingerprint density at radius 1 is 1.06 bits per heavy atom. The largest absolute Gasteiger partial charge is 0.386 e. The molecule has 0 amide bonds. The molecule has 6 nitrogen and oxygen atoms in total. The fourth-order valence-corrected chi connectivity index (χ4v) is 5.41. The molecular weight excluding hydrogens is 410 g/mol. The van der Waals surface area contributed by atoms with E-state index in [9.17, 15) is 5.11 Å². The van der Waals surface area contributed by atoms with Gasteiger partial charge in [-0.25, -0.2) is 4.68 Å². The Morgan fingerprint density at radius 3 is 2.64 bits per heavy atom. The van der Waals surface area contributed by atoms with Gasteiger partial charge in [0, 0.05) is 24.2 Å². The van der Waals surface area contributed by atoms with E-state index in [1.165, 1.54) is 11.1 Å². The number of hydrogen-bond acceptors (Lipinski definition) is 4. The first-order valence-electron chi connectivity index (χ1n) is 11.4. The van der Waals surface area contributed by atoms with Gasteiger partial charge in [-0.3, -0.25) is 4.98 Å². The number of hydrogen-bond donors (Lipinski definition) is 1. The first-order chi connectivity index (χ1) is 15.8. The van der Waals surface area contributed by atoms with Crippen LogP contribution in [0.4, 0.5) is 0 Å². The first-order valence-corrected chi connectivity index (χ1v) is 11.4. The summed E-state index contributed by atoms with van der Waals surface area (Å²) < 4.78 is 4.24. The van der Waals surface area contributed by atoms with Crippen LogP contribution in [-0.4, -0.2) is 29.7 Å². The molecule has 6 rings (SSSR count). The molecule has 1 N–H and O–H groups in total. The van der Waals surface area contributed by atoms with E-state index in [0.29, 0.717) is 0 Å². The van der Waals surface area contributed by atoms with Gasteiger partial charge in [-0.1, -0.05) is 41.6 Å². The molecule has 6 heteroatoms. The Bertz CT molecular complexity index is 1520. The average molecular weight is 438 g/mol. The number of benzene rings is 2. The lowest BCUT2D eigenvalue weighted by molar-refractivity contribution is 0.0787. The highest BCUT2D eigenvalue weighted by Gasteiger charge is 2.28. The zero-order valence-electron chi connectivity index (χ0n) is 19.4. The quantitative estimate of drug-likeness (QED) is 0.429. The minimum atomic E-state index is -0.918. The fourth-order valence-electron chi connectivity index (χ4n) is 5.41. The predicted molar refractivity (Wildman–Crippen MR) is 130 cm³/mol. The summed E-state index contributed by atoms with van der Waals surface area (Å²) in [6, 6.07) is 17.4. The van der Waals surface area contributed by atoms with Gasteiger partial charge in [0.15, 0.2) is 0 Å². The van der Waals surface area contributed by atoms with Crippen molar-refractivity contribution in [2.75, 3.05) is 0 Å². The number of rotatable bonds is 3. The lowest BCUT2D eigenvalue weighted by Crippen LogP contribution is -2.15. The SMILES string of the molecule is Cc1nnn(C)c1-c1cnc2c3ccc(C(C)(C)O)cc3n(C3CCc4ccccc43)c2c1. The Kier molecular flexibility index (Phi) is 4.26. The van der Waals surface area contributed by atoms with Crippen LogP contribution in [0.25, 0.3) is 33.2 Å². The molecule has 2 aromatic carbocycles. The van der Waals surface area contributed by atoms with Crippen LogP contribution in [0.3, 0.4) is 0 Å². The second-order valence-electron chi connectivity index (χ2n) is 9.65. The number of aryl methyl sites for hydroxylation is 3. The molecular formula is C27H27N5O. The molecule has 166 valence electrons. The standard InChI is InChI=1S/C27H27N5O/c1-16-26(31(4)30-29-16)18-13-24-25(28-15-18)21-11-10-19(27(2,3)33)14-23(21)32(24)22-12-9-17-7-5-6-8-20(17)22/h5-8,10-11,13-15,22,33H,9,12H2,1-4H3. The van der Waals surface area contributed by atoms with E-state index in [1.54, 1.807) is 0 Å². The summed E-state index contributed by atoms with van der Waals surface area (Å²) in [4.78, 5) is 4.94. The molecule has 1 aliphatic rings. The van der Waals surface area contributed by atoms with Gasteiger partial charge < -0.3 is 9.67 Å². The Morgan fingerprint density at radius 2 is 1.88 bits per heavy atom. The number of pyridine rings is 1. The molecule has 3 aromatic heterocycles. The Labute approximate surface area is 192 Å². The van der Waals surface area contributed by atoms with Gasteiger partial charge in [0.05, 0.1) is 39.6 Å². The molecule has 0 fully saturated rings. The van der Waals surface area contributed by atoms with E-state index in [0.717, 1.165) is 57.3 Å². The molecule has 0 aliphatic heterocycles. The maximum absolute atomic E-state index is 10.7. The lowest BCUT2D eigenvalue weighted by Gasteiger charge is -2.20. The second kappa shape index (κ2) is 6.99. The lowest BCUT2D eigenvalue weighted by atomic mass is 9.97. The third kappa shape index (κ3) is 3.01. The van der Waals surface area contributed by atoms with E-state index in [4.69, 9.17) is 4.98 Å². The Balaban J connectivity index is 1.69. The average Bonchev–Trinajstić information content (AvgIpc) is 3.45. The zero-order chi connectivity index (χ0) is 22.9. The van der Waals surface area contributed by atoms with Crippen molar-refractivity contribution in [1.29, 1.82) is 0 Å². The highest BCUT2D eigenvalue weighted by molar-refractivity contribution is 6.07. The number of nitrogens with zero attached hydrogens (tertiary/aromatic N) is 5. The molecule has 5 aromatic rings. The minimum absolute atomic E-state index is 0.223. The van der Waals surface area contributed by atoms with E-state index in [1.807, 2.05) is 44.8 Å². The van der Waals surface area contributed by atoms with Crippen molar-refractivity contribution < 1.29 is 5.11 Å². The van der Waals surface area contributed by atoms with E-state index < -0.39 is 5.60 Å². The monoisotopic (exact) mass is 437 g/mol. The zero-order valence-corrected chi connectivity index (χ0v) is 19.4. The molecule has 1 atom stereocenters. The summed E-state index contributed by atoms with van der Waals surface area (Å²) in [5.41, 5.74) is 8.81. The van der Waals surface area contributed by atoms with Gasteiger partial charge >= 0.3 is 0 Å². The number of aliphatic hydroxyl groups is 1. The molecule has 3 heterocycles. The molecule has 0 saturated carbocycles. The predicted octanol–water partition coefficient (Wildman–Crippen LogP) is 5.06. The second-order valence-corrected chi connectivity index (χ2v) is 9.65. The topological polar surface area (TPSA) is 68.8 Å². The van der Waals surface area contributed by atoms with Crippen LogP contribution in [0.2, 0.25) is 0 Å². The number of fused-ring (bicyclic) bond motifs is 4. The van der Waals surface area contributed by atoms with Gasteiger partial charge in [-0.05, 0) is 62.4 Å². The van der Waals surface area contributed by atoms with E-state index >= 15 is 0 Å². The molecule has 33 heavy (non-hydrogen) atoms. The van der Waals surface area contributed by atoms with Crippen molar-refractivity contribution in [3.05, 3.63) is 77.1 Å². The van der Waals surface area contributed by atoms with Crippen molar-refractivity contribution >= 4 is 21.9 Å². The van der Waals surface area contributed by atoms with Gasteiger partial charge in [-0.2, -0.15) is 0 Å². The Hall–Kier alpha value is -3.51. The molecule has 0 saturated heterocycles. The van der Waals surface area contributed by atoms with Crippen molar-refractivity contribution in [2.24, 2.45) is 7.05 Å². The van der Waals surface area contributed by atoms with Crippen molar-refractivity contribution in [2.45, 2.75) is 45.3 Å². The van der Waals surface area contributed by atoms with Crippen LogP contribution in [0, 0.1) is 6.92 Å². The summed E-state index contributed by atoms with van der Waals surface area (Å²) >= 11 is 0. The maximum atomic E-state index is 10.7. The van der Waals surface area contributed by atoms with Crippen LogP contribution in [0.5, 0.6) is 0 Å². The van der Waals surface area contributed by atoms with Gasteiger partial charge in [-0.15, -0.1) is 5.10 Å². The van der Waals surface area contributed by atoms with Crippen LogP contribution in [0.1, 0.15) is 48.7 Å². The third-order valence-corrected chi connectivity index (χ3v) is 7.03. The van der Waals surface area contributed by atoms with Crippen LogP contribution in [-0.2, 0) is 19.1 Å². The normalized spacial score (nSPS) is 16.1. The van der Waals surface area contributed by atoms with E-state index in [2.05, 4.69) is 57.3 Å². The van der Waals surface area contributed by atoms with E-state index in [-0.39, 0.29) is 6.04 Å². The van der Waals surface area contributed by atoms with Gasteiger partial charge in [0.25, 0.3) is 0 Å². The molecule has 1 unspecified atom stereocenters. The molecule has 0 bridgehead atoms. The summed E-state index contributed by atoms with van der Waals surface area (Å²) in [6.45, 7) is 5.64. The highest BCUT2D eigenvalue weighted by Crippen LogP contribution is 2.42. The van der Waals surface area contributed by atoms with Crippen LogP contribution < -0.4 is 0 Å². The minimum Gasteiger partial charge on any atom is -0.386 e. The molecule has 0 spiro atoms. The summed E-state index contributed by atoms with van der Waals surface area (Å²) in [6.07, 6.45) is 4.02. The highest BCUT2D eigenvalue weighted by atomic mass is 16.3. The van der Waals surface area contributed by atoms with Gasteiger partial charge in [0.2, 0.25) is 0 Å². The number of aromatic nitrogens is 5. The van der Waals surface area contributed by atoms with Crippen LogP contribution in [0.15, 0.2) is 54.7 Å². The molecule has 0 radical (unpaired) electrons. The van der Waals surface area contributed by atoms with Crippen molar-refractivity contribution in [3.63, 3.8) is 0 Å². The van der Waals surface area contributed by atoms with Gasteiger partial charge in [0.1, 0.15) is 0 Å². The van der Waals surface area contributed by atoms with Crippen molar-refractivity contribution in [3.8, 4) is 11.3 Å². The summed E-state index contributed by atoms with van der Waals surface area (Å²) in [7, 11) is 1.91. The van der Waals surface area contributed by atoms with Crippen molar-refractivity contribution in [1.82, 2.24) is 24.5 Å². The summed E-state index contributed by atoms with van der Waals surface area (Å²) in [5, 5.41) is 20.3. The maximum Gasteiger partial charge on any atom is 0.0960 e. The molecule has 1 aliphatic carbocycles. The fraction of sp³-hybridized carbons (Fsp3) is 0.296.